The van der Waals surface area contributed by atoms with E-state index in [1.54, 1.807) is 20.8 Å². The summed E-state index contributed by atoms with van der Waals surface area (Å²) in [6, 6.07) is 4.02. The molecule has 0 aliphatic rings. The van der Waals surface area contributed by atoms with Crippen LogP contribution in [-0.2, 0) is 0 Å². The van der Waals surface area contributed by atoms with E-state index in [9.17, 15) is 14.6 Å². The summed E-state index contributed by atoms with van der Waals surface area (Å²) in [4.78, 5) is 0. The number of halogens is 1. The van der Waals surface area contributed by atoms with E-state index in [0.717, 1.165) is 0 Å². The Morgan fingerprint density at radius 1 is 1.41 bits per heavy atom. The Bertz CT molecular complexity index is 369. The van der Waals surface area contributed by atoms with Gasteiger partial charge in [-0.1, -0.05) is 0 Å². The lowest BCUT2D eigenvalue weighted by Gasteiger charge is -2.18. The summed E-state index contributed by atoms with van der Waals surface area (Å²) in [6.07, 6.45) is -0.327. The topological polar surface area (TPSA) is 49.7 Å². The quantitative estimate of drug-likeness (QED) is 0.833. The Morgan fingerprint density at radius 2 is 2.06 bits per heavy atom. The average molecular weight is 242 g/mol. The van der Waals surface area contributed by atoms with Crippen LogP contribution in [0, 0.1) is 5.82 Å². The highest BCUT2D eigenvalue weighted by molar-refractivity contribution is 5.35. The molecule has 0 spiro atoms. The van der Waals surface area contributed by atoms with E-state index in [4.69, 9.17) is 4.74 Å². The lowest BCUT2D eigenvalue weighted by Crippen LogP contribution is -2.22. The minimum absolute atomic E-state index is 0.314. The maximum atomic E-state index is 13.0. The van der Waals surface area contributed by atoms with Gasteiger partial charge in [-0.25, -0.2) is 4.39 Å². The van der Waals surface area contributed by atoms with Crippen LogP contribution in [0.3, 0.4) is 0 Å². The van der Waals surface area contributed by atoms with Crippen molar-refractivity contribution in [2.24, 2.45) is 0 Å². The molecule has 0 aliphatic carbocycles. The van der Waals surface area contributed by atoms with Crippen molar-refractivity contribution in [2.75, 3.05) is 6.61 Å². The fourth-order valence-electron chi connectivity index (χ4n) is 1.39. The van der Waals surface area contributed by atoms with Gasteiger partial charge in [0, 0.05) is 12.0 Å². The van der Waals surface area contributed by atoms with Gasteiger partial charge >= 0.3 is 0 Å². The monoisotopic (exact) mass is 242 g/mol. The molecule has 0 heterocycles. The number of hydrogen-bond donors (Lipinski definition) is 2. The van der Waals surface area contributed by atoms with E-state index < -0.39 is 17.5 Å². The van der Waals surface area contributed by atoms with Gasteiger partial charge in [0.25, 0.3) is 0 Å². The molecule has 0 aromatic heterocycles. The van der Waals surface area contributed by atoms with E-state index in [-0.39, 0.29) is 0 Å². The van der Waals surface area contributed by atoms with Crippen LogP contribution in [0.1, 0.15) is 38.9 Å². The molecule has 1 rings (SSSR count). The summed E-state index contributed by atoms with van der Waals surface area (Å²) < 4.78 is 18.5. The maximum absolute atomic E-state index is 13.0. The summed E-state index contributed by atoms with van der Waals surface area (Å²) in [5, 5.41) is 19.0. The molecule has 0 amide bonds. The lowest BCUT2D eigenvalue weighted by atomic mass is 10.1. The van der Waals surface area contributed by atoms with Gasteiger partial charge in [-0.15, -0.1) is 0 Å². The highest BCUT2D eigenvalue weighted by Crippen LogP contribution is 2.26. The zero-order valence-corrected chi connectivity index (χ0v) is 10.4. The minimum Gasteiger partial charge on any atom is -0.493 e. The molecular weight excluding hydrogens is 223 g/mol. The van der Waals surface area contributed by atoms with Crippen molar-refractivity contribution in [1.82, 2.24) is 0 Å². The third-order valence-corrected chi connectivity index (χ3v) is 2.39. The van der Waals surface area contributed by atoms with Gasteiger partial charge < -0.3 is 14.9 Å². The number of aliphatic hydroxyl groups is 2. The van der Waals surface area contributed by atoms with Crippen molar-refractivity contribution in [3.05, 3.63) is 29.6 Å². The third-order valence-electron chi connectivity index (χ3n) is 2.39. The molecule has 1 aromatic carbocycles. The largest absolute Gasteiger partial charge is 0.493 e. The lowest BCUT2D eigenvalue weighted by molar-refractivity contribution is 0.0548. The number of rotatable bonds is 5. The fourth-order valence-corrected chi connectivity index (χ4v) is 1.39. The summed E-state index contributed by atoms with van der Waals surface area (Å²) in [6.45, 7) is 5.25. The van der Waals surface area contributed by atoms with Gasteiger partial charge in [0.2, 0.25) is 0 Å². The molecule has 0 aliphatic heterocycles. The van der Waals surface area contributed by atoms with Crippen LogP contribution >= 0.6 is 0 Å². The molecule has 0 saturated heterocycles. The van der Waals surface area contributed by atoms with Gasteiger partial charge in [0.15, 0.2) is 0 Å². The second-order valence-corrected chi connectivity index (χ2v) is 4.77. The van der Waals surface area contributed by atoms with Gasteiger partial charge in [0.05, 0.1) is 18.3 Å². The Balaban J connectivity index is 2.70. The Morgan fingerprint density at radius 3 is 2.59 bits per heavy atom. The molecule has 17 heavy (non-hydrogen) atoms. The van der Waals surface area contributed by atoms with Crippen molar-refractivity contribution in [2.45, 2.75) is 38.9 Å². The van der Waals surface area contributed by atoms with Crippen LogP contribution in [0.5, 0.6) is 5.75 Å². The predicted molar refractivity (Wildman–Crippen MR) is 63.4 cm³/mol. The van der Waals surface area contributed by atoms with Gasteiger partial charge in [-0.3, -0.25) is 0 Å². The van der Waals surface area contributed by atoms with Crippen LogP contribution in [0.25, 0.3) is 0 Å². The number of benzene rings is 1. The van der Waals surface area contributed by atoms with E-state index in [2.05, 4.69) is 0 Å². The minimum atomic E-state index is -0.801. The Hall–Kier alpha value is -1.13. The average Bonchev–Trinajstić information content (AvgIpc) is 2.18. The standard InChI is InChI=1S/C13H19FO3/c1-9(15)11-8-10(14)4-5-12(11)17-7-6-13(2,3)16/h4-5,8-9,15-16H,6-7H2,1-3H3. The summed E-state index contributed by atoms with van der Waals surface area (Å²) in [5.74, 6) is 0.0430. The zero-order chi connectivity index (χ0) is 13.1. The van der Waals surface area contributed by atoms with Crippen LogP contribution < -0.4 is 4.74 Å². The van der Waals surface area contributed by atoms with E-state index in [1.165, 1.54) is 18.2 Å². The molecular formula is C13H19FO3. The Labute approximate surface area is 101 Å². The second kappa shape index (κ2) is 5.47. The summed E-state index contributed by atoms with van der Waals surface area (Å²) in [7, 11) is 0. The smallest absolute Gasteiger partial charge is 0.125 e. The normalized spacial score (nSPS) is 13.5. The molecule has 96 valence electrons. The van der Waals surface area contributed by atoms with Gasteiger partial charge in [-0.05, 0) is 39.0 Å². The van der Waals surface area contributed by atoms with Crippen molar-refractivity contribution < 1.29 is 19.3 Å². The molecule has 1 aromatic rings. The maximum Gasteiger partial charge on any atom is 0.125 e. The summed E-state index contributed by atoms with van der Waals surface area (Å²) in [5.41, 5.74) is -0.383. The first kappa shape index (κ1) is 13.9. The van der Waals surface area contributed by atoms with Gasteiger partial charge in [-0.2, -0.15) is 0 Å². The second-order valence-electron chi connectivity index (χ2n) is 4.77. The first-order valence-electron chi connectivity index (χ1n) is 5.62. The highest BCUT2D eigenvalue weighted by atomic mass is 19.1. The molecule has 3 nitrogen and oxygen atoms in total. The Kier molecular flexibility index (Phi) is 4.48. The van der Waals surface area contributed by atoms with Crippen molar-refractivity contribution >= 4 is 0 Å². The molecule has 0 fully saturated rings. The number of aliphatic hydroxyl groups excluding tert-OH is 1. The third kappa shape index (κ3) is 4.71. The summed E-state index contributed by atoms with van der Waals surface area (Å²) >= 11 is 0. The molecule has 0 radical (unpaired) electrons. The molecule has 1 atom stereocenters. The molecule has 1 unspecified atom stereocenters. The molecule has 4 heteroatoms. The molecule has 0 saturated carbocycles. The van der Waals surface area contributed by atoms with Crippen LogP contribution in [0.4, 0.5) is 4.39 Å². The molecule has 0 bridgehead atoms. The van der Waals surface area contributed by atoms with E-state index >= 15 is 0 Å². The van der Waals surface area contributed by atoms with Gasteiger partial charge in [0.1, 0.15) is 11.6 Å². The zero-order valence-electron chi connectivity index (χ0n) is 10.4. The predicted octanol–water partition coefficient (Wildman–Crippen LogP) is 2.42. The van der Waals surface area contributed by atoms with Crippen molar-refractivity contribution in [3.8, 4) is 5.75 Å². The molecule has 2 N–H and O–H groups in total. The van der Waals surface area contributed by atoms with Crippen molar-refractivity contribution in [3.63, 3.8) is 0 Å². The van der Waals surface area contributed by atoms with E-state index in [1.807, 2.05) is 0 Å². The SMILES string of the molecule is CC(O)c1cc(F)ccc1OCCC(C)(C)O. The van der Waals surface area contributed by atoms with Crippen LogP contribution in [0.15, 0.2) is 18.2 Å². The fraction of sp³-hybridized carbons (Fsp3) is 0.538. The van der Waals surface area contributed by atoms with Crippen LogP contribution in [-0.4, -0.2) is 22.4 Å². The number of ether oxygens (including phenoxy) is 1. The first-order chi connectivity index (χ1) is 7.79. The first-order valence-corrected chi connectivity index (χ1v) is 5.62. The number of hydrogen-bond acceptors (Lipinski definition) is 3. The van der Waals surface area contributed by atoms with E-state index in [0.29, 0.717) is 24.3 Å². The van der Waals surface area contributed by atoms with Crippen molar-refractivity contribution in [1.29, 1.82) is 0 Å². The van der Waals surface area contributed by atoms with Crippen LogP contribution in [0.2, 0.25) is 0 Å². The highest BCUT2D eigenvalue weighted by Gasteiger charge is 2.14.